The van der Waals surface area contributed by atoms with Crippen LogP contribution in [0.1, 0.15) is 18.1 Å². The third-order valence-corrected chi connectivity index (χ3v) is 3.38. The van der Waals surface area contributed by atoms with Crippen molar-refractivity contribution in [3.63, 3.8) is 0 Å². The molecule has 4 heteroatoms. The summed E-state index contributed by atoms with van der Waals surface area (Å²) >= 11 is 0. The van der Waals surface area contributed by atoms with E-state index in [1.807, 2.05) is 42.5 Å². The molecule has 0 heterocycles. The van der Waals surface area contributed by atoms with Gasteiger partial charge in [0.05, 0.1) is 6.61 Å². The first-order valence-corrected chi connectivity index (χ1v) is 7.41. The minimum Gasteiger partial charge on any atom is -0.508 e. The summed E-state index contributed by atoms with van der Waals surface area (Å²) in [6, 6.07) is 16.4. The highest BCUT2D eigenvalue weighted by Gasteiger charge is 2.20. The number of phenolic OH excluding ortho intramolecular Hbond substituents is 1. The van der Waals surface area contributed by atoms with Crippen LogP contribution in [0.2, 0.25) is 0 Å². The predicted octanol–water partition coefficient (Wildman–Crippen LogP) is 2.66. The van der Waals surface area contributed by atoms with Crippen LogP contribution in [-0.2, 0) is 22.5 Å². The third-order valence-electron chi connectivity index (χ3n) is 3.38. The molecule has 0 unspecified atom stereocenters. The van der Waals surface area contributed by atoms with E-state index in [1.54, 1.807) is 19.1 Å². The van der Waals surface area contributed by atoms with Crippen molar-refractivity contribution >= 4 is 5.97 Å². The van der Waals surface area contributed by atoms with Crippen LogP contribution in [0, 0.1) is 0 Å². The average molecular weight is 299 g/mol. The third kappa shape index (κ3) is 4.60. The van der Waals surface area contributed by atoms with Crippen molar-refractivity contribution in [3.8, 4) is 5.75 Å². The molecular formula is C18H21NO3. The zero-order chi connectivity index (χ0) is 15.8. The minimum atomic E-state index is -0.443. The van der Waals surface area contributed by atoms with Gasteiger partial charge in [-0.1, -0.05) is 48.5 Å². The van der Waals surface area contributed by atoms with Gasteiger partial charge in [-0.2, -0.15) is 0 Å². The zero-order valence-corrected chi connectivity index (χ0v) is 12.7. The molecule has 0 saturated heterocycles. The summed E-state index contributed by atoms with van der Waals surface area (Å²) in [4.78, 5) is 12.1. The van der Waals surface area contributed by atoms with E-state index in [4.69, 9.17) is 4.74 Å². The molecule has 0 saturated carbocycles. The minimum absolute atomic E-state index is 0.220. The molecule has 0 aliphatic carbocycles. The normalized spacial score (nSPS) is 11.9. The molecule has 0 radical (unpaired) electrons. The summed E-state index contributed by atoms with van der Waals surface area (Å²) in [6.07, 6.45) is 0.549. The van der Waals surface area contributed by atoms with E-state index >= 15 is 0 Å². The number of para-hydroxylation sites is 1. The van der Waals surface area contributed by atoms with Crippen molar-refractivity contribution in [2.45, 2.75) is 25.9 Å². The SMILES string of the molecule is CCOC(=O)[C@H](Cc1ccccc1)NCc1ccccc1O. The largest absolute Gasteiger partial charge is 0.508 e. The highest BCUT2D eigenvalue weighted by atomic mass is 16.5. The fourth-order valence-corrected chi connectivity index (χ4v) is 2.22. The first kappa shape index (κ1) is 16.0. The lowest BCUT2D eigenvalue weighted by atomic mass is 10.1. The van der Waals surface area contributed by atoms with Crippen LogP contribution in [0.5, 0.6) is 5.75 Å². The second kappa shape index (κ2) is 8.20. The summed E-state index contributed by atoms with van der Waals surface area (Å²) in [7, 11) is 0. The summed E-state index contributed by atoms with van der Waals surface area (Å²) in [5.74, 6) is -0.0564. The Morgan fingerprint density at radius 2 is 1.82 bits per heavy atom. The van der Waals surface area contributed by atoms with Crippen molar-refractivity contribution < 1.29 is 14.6 Å². The number of nitrogens with one attached hydrogen (secondary N) is 1. The molecule has 0 bridgehead atoms. The molecule has 0 aromatic heterocycles. The van der Waals surface area contributed by atoms with Crippen LogP contribution < -0.4 is 5.32 Å². The average Bonchev–Trinajstić information content (AvgIpc) is 2.54. The highest BCUT2D eigenvalue weighted by molar-refractivity contribution is 5.76. The molecular weight excluding hydrogens is 278 g/mol. The Morgan fingerprint density at radius 3 is 2.50 bits per heavy atom. The monoisotopic (exact) mass is 299 g/mol. The number of phenols is 1. The smallest absolute Gasteiger partial charge is 0.323 e. The maximum Gasteiger partial charge on any atom is 0.323 e. The molecule has 2 aromatic rings. The second-order valence-electron chi connectivity index (χ2n) is 5.00. The Morgan fingerprint density at radius 1 is 1.14 bits per heavy atom. The van der Waals surface area contributed by atoms with Gasteiger partial charge in [0.2, 0.25) is 0 Å². The summed E-state index contributed by atoms with van der Waals surface area (Å²) in [6.45, 7) is 2.55. The first-order chi connectivity index (χ1) is 10.7. The van der Waals surface area contributed by atoms with E-state index in [2.05, 4.69) is 5.32 Å². The van der Waals surface area contributed by atoms with Crippen LogP contribution in [-0.4, -0.2) is 23.7 Å². The number of esters is 1. The van der Waals surface area contributed by atoms with Crippen molar-refractivity contribution in [3.05, 3.63) is 65.7 Å². The first-order valence-electron chi connectivity index (χ1n) is 7.41. The van der Waals surface area contributed by atoms with E-state index in [0.717, 1.165) is 11.1 Å². The molecule has 22 heavy (non-hydrogen) atoms. The lowest BCUT2D eigenvalue weighted by molar-refractivity contribution is -0.145. The van der Waals surface area contributed by atoms with E-state index in [0.29, 0.717) is 19.6 Å². The maximum absolute atomic E-state index is 12.1. The van der Waals surface area contributed by atoms with E-state index in [1.165, 1.54) is 0 Å². The number of benzene rings is 2. The molecule has 1 atom stereocenters. The lowest BCUT2D eigenvalue weighted by Crippen LogP contribution is -2.39. The van der Waals surface area contributed by atoms with Gasteiger partial charge in [0, 0.05) is 12.1 Å². The van der Waals surface area contributed by atoms with Crippen LogP contribution in [0.4, 0.5) is 0 Å². The van der Waals surface area contributed by atoms with E-state index in [-0.39, 0.29) is 11.7 Å². The van der Waals surface area contributed by atoms with E-state index < -0.39 is 6.04 Å². The Balaban J connectivity index is 2.04. The highest BCUT2D eigenvalue weighted by Crippen LogP contribution is 2.15. The maximum atomic E-state index is 12.1. The molecule has 2 N–H and O–H groups in total. The molecule has 0 spiro atoms. The van der Waals surface area contributed by atoms with Crippen LogP contribution >= 0.6 is 0 Å². The molecule has 0 aliphatic heterocycles. The van der Waals surface area contributed by atoms with Crippen molar-refractivity contribution in [2.24, 2.45) is 0 Å². The van der Waals surface area contributed by atoms with Gasteiger partial charge in [0.15, 0.2) is 0 Å². The molecule has 2 aromatic carbocycles. The fourth-order valence-electron chi connectivity index (χ4n) is 2.22. The second-order valence-corrected chi connectivity index (χ2v) is 5.00. The summed E-state index contributed by atoms with van der Waals surface area (Å²) < 4.78 is 5.13. The number of aromatic hydroxyl groups is 1. The van der Waals surface area contributed by atoms with Gasteiger partial charge >= 0.3 is 5.97 Å². The fraction of sp³-hybridized carbons (Fsp3) is 0.278. The zero-order valence-electron chi connectivity index (χ0n) is 12.7. The van der Waals surface area contributed by atoms with Crippen molar-refractivity contribution in [1.29, 1.82) is 0 Å². The Labute approximate surface area is 130 Å². The molecule has 4 nitrogen and oxygen atoms in total. The van der Waals surface area contributed by atoms with Crippen LogP contribution in [0.15, 0.2) is 54.6 Å². The lowest BCUT2D eigenvalue weighted by Gasteiger charge is -2.18. The molecule has 0 fully saturated rings. The summed E-state index contributed by atoms with van der Waals surface area (Å²) in [5.41, 5.74) is 1.81. The van der Waals surface area contributed by atoms with Crippen LogP contribution in [0.3, 0.4) is 0 Å². The summed E-state index contributed by atoms with van der Waals surface area (Å²) in [5, 5.41) is 13.0. The topological polar surface area (TPSA) is 58.6 Å². The Hall–Kier alpha value is -2.33. The quantitative estimate of drug-likeness (QED) is 0.772. The van der Waals surface area contributed by atoms with Gasteiger partial charge in [0.25, 0.3) is 0 Å². The molecule has 2 rings (SSSR count). The van der Waals surface area contributed by atoms with Gasteiger partial charge in [-0.25, -0.2) is 0 Å². The van der Waals surface area contributed by atoms with Gasteiger partial charge in [-0.3, -0.25) is 10.1 Å². The number of carbonyl (C=O) groups is 1. The van der Waals surface area contributed by atoms with E-state index in [9.17, 15) is 9.90 Å². The van der Waals surface area contributed by atoms with Crippen molar-refractivity contribution in [2.75, 3.05) is 6.61 Å². The number of rotatable bonds is 7. The Bertz CT molecular complexity index is 598. The van der Waals surface area contributed by atoms with Gasteiger partial charge in [-0.05, 0) is 25.0 Å². The van der Waals surface area contributed by atoms with Gasteiger partial charge in [0.1, 0.15) is 11.8 Å². The number of hydrogen-bond acceptors (Lipinski definition) is 4. The molecule has 0 aliphatic rings. The molecule has 0 amide bonds. The predicted molar refractivity (Wildman–Crippen MR) is 85.5 cm³/mol. The van der Waals surface area contributed by atoms with Crippen LogP contribution in [0.25, 0.3) is 0 Å². The number of hydrogen-bond donors (Lipinski definition) is 2. The van der Waals surface area contributed by atoms with Gasteiger partial charge in [-0.15, -0.1) is 0 Å². The van der Waals surface area contributed by atoms with Gasteiger partial charge < -0.3 is 9.84 Å². The number of ether oxygens (including phenoxy) is 1. The Kier molecular flexibility index (Phi) is 5.98. The standard InChI is InChI=1S/C18H21NO3/c1-2-22-18(21)16(12-14-8-4-3-5-9-14)19-13-15-10-6-7-11-17(15)20/h3-11,16,19-20H,2,12-13H2,1H3/t16-/m0/s1. The number of carbonyl (C=O) groups excluding carboxylic acids is 1. The van der Waals surface area contributed by atoms with Crippen molar-refractivity contribution in [1.82, 2.24) is 5.32 Å². The molecule has 116 valence electrons.